The highest BCUT2D eigenvalue weighted by Crippen LogP contribution is 2.38. The van der Waals surface area contributed by atoms with E-state index in [0.29, 0.717) is 5.02 Å². The Balaban J connectivity index is 1.88. The van der Waals surface area contributed by atoms with Gasteiger partial charge >= 0.3 is 0 Å². The van der Waals surface area contributed by atoms with Crippen LogP contribution >= 0.6 is 11.6 Å². The summed E-state index contributed by atoms with van der Waals surface area (Å²) in [5.41, 5.74) is 3.42. The van der Waals surface area contributed by atoms with Crippen LogP contribution in [0.15, 0.2) is 30.5 Å². The third-order valence-corrected chi connectivity index (χ3v) is 4.38. The summed E-state index contributed by atoms with van der Waals surface area (Å²) in [5, 5.41) is 15.6. The van der Waals surface area contributed by atoms with Gasteiger partial charge in [-0.15, -0.1) is 0 Å². The van der Waals surface area contributed by atoms with Gasteiger partial charge in [0.15, 0.2) is 0 Å². The maximum Gasteiger partial charge on any atom is 0.101 e. The third kappa shape index (κ3) is 2.25. The molecule has 4 heteroatoms. The van der Waals surface area contributed by atoms with Crippen molar-refractivity contribution in [1.29, 1.82) is 0 Å². The molecule has 0 bridgehead atoms. The van der Waals surface area contributed by atoms with Crippen LogP contribution in [0.3, 0.4) is 0 Å². The van der Waals surface area contributed by atoms with Crippen LogP contribution in [0, 0.1) is 5.92 Å². The van der Waals surface area contributed by atoms with Gasteiger partial charge in [-0.2, -0.15) is 5.10 Å². The Hall–Kier alpha value is -1.32. The van der Waals surface area contributed by atoms with Crippen molar-refractivity contribution in [1.82, 2.24) is 9.78 Å². The number of hydrogen-bond acceptors (Lipinski definition) is 2. The number of aliphatic hydroxyl groups excluding tert-OH is 1. The molecule has 3 rings (SSSR count). The molecular formula is C16H19ClN2O. The van der Waals surface area contributed by atoms with Crippen molar-refractivity contribution < 1.29 is 5.11 Å². The van der Waals surface area contributed by atoms with Gasteiger partial charge in [0.25, 0.3) is 0 Å². The first kappa shape index (κ1) is 13.7. The lowest BCUT2D eigenvalue weighted by atomic mass is 9.96. The summed E-state index contributed by atoms with van der Waals surface area (Å²) < 4.78 is 1.83. The Kier molecular flexibility index (Phi) is 3.57. The molecule has 0 saturated carbocycles. The summed E-state index contributed by atoms with van der Waals surface area (Å²) in [7, 11) is 0. The molecule has 1 atom stereocenters. The molecule has 106 valence electrons. The van der Waals surface area contributed by atoms with Crippen LogP contribution in [-0.2, 0) is 12.8 Å². The van der Waals surface area contributed by atoms with E-state index in [2.05, 4.69) is 29.4 Å². The molecule has 0 fully saturated rings. The average molecular weight is 291 g/mol. The quantitative estimate of drug-likeness (QED) is 0.938. The fraction of sp³-hybridized carbons (Fsp3) is 0.438. The molecule has 0 spiro atoms. The lowest BCUT2D eigenvalue weighted by molar-refractivity contribution is 0.102. The number of fused-ring (bicyclic) bond motifs is 1. The van der Waals surface area contributed by atoms with Crippen LogP contribution in [-0.4, -0.2) is 14.9 Å². The molecule has 0 saturated heterocycles. The zero-order valence-corrected chi connectivity index (χ0v) is 12.5. The van der Waals surface area contributed by atoms with Crippen LogP contribution in [0.2, 0.25) is 5.02 Å². The second-order valence-electron chi connectivity index (χ2n) is 5.80. The smallest absolute Gasteiger partial charge is 0.101 e. The monoisotopic (exact) mass is 290 g/mol. The van der Waals surface area contributed by atoms with Crippen molar-refractivity contribution in [3.8, 4) is 0 Å². The minimum atomic E-state index is -0.570. The third-order valence-electron chi connectivity index (χ3n) is 4.09. The number of halogens is 1. The van der Waals surface area contributed by atoms with E-state index in [1.165, 1.54) is 11.1 Å². The van der Waals surface area contributed by atoms with Gasteiger partial charge in [0, 0.05) is 6.04 Å². The van der Waals surface area contributed by atoms with Gasteiger partial charge in [0.05, 0.1) is 16.9 Å². The molecule has 1 heterocycles. The van der Waals surface area contributed by atoms with E-state index in [-0.39, 0.29) is 12.0 Å². The Morgan fingerprint density at radius 2 is 1.85 bits per heavy atom. The lowest BCUT2D eigenvalue weighted by Crippen LogP contribution is -2.19. The second-order valence-corrected chi connectivity index (χ2v) is 6.21. The number of hydrogen-bond donors (Lipinski definition) is 1. The Morgan fingerprint density at radius 3 is 2.40 bits per heavy atom. The Morgan fingerprint density at radius 1 is 1.25 bits per heavy atom. The number of benzene rings is 1. The molecule has 20 heavy (non-hydrogen) atoms. The lowest BCUT2D eigenvalue weighted by Gasteiger charge is -2.21. The fourth-order valence-corrected chi connectivity index (χ4v) is 3.32. The molecule has 3 nitrogen and oxygen atoms in total. The van der Waals surface area contributed by atoms with Crippen LogP contribution in [0.4, 0.5) is 0 Å². The van der Waals surface area contributed by atoms with E-state index in [9.17, 15) is 5.11 Å². The van der Waals surface area contributed by atoms with E-state index in [4.69, 9.17) is 11.6 Å². The Labute approximate surface area is 124 Å². The highest BCUT2D eigenvalue weighted by atomic mass is 35.5. The van der Waals surface area contributed by atoms with Crippen molar-refractivity contribution in [2.24, 2.45) is 5.92 Å². The largest absolute Gasteiger partial charge is 0.386 e. The van der Waals surface area contributed by atoms with Crippen LogP contribution in [0.1, 0.15) is 42.8 Å². The number of aliphatic hydroxyl groups is 1. The molecule has 1 N–H and O–H groups in total. The average Bonchev–Trinajstić information content (AvgIpc) is 3.01. The first-order chi connectivity index (χ1) is 9.58. The highest BCUT2D eigenvalue weighted by molar-refractivity contribution is 6.31. The van der Waals surface area contributed by atoms with E-state index in [1.54, 1.807) is 6.20 Å². The number of aromatic nitrogens is 2. The van der Waals surface area contributed by atoms with E-state index < -0.39 is 6.10 Å². The molecule has 0 aliphatic heterocycles. The molecule has 1 unspecified atom stereocenters. The van der Waals surface area contributed by atoms with E-state index in [0.717, 1.165) is 18.5 Å². The summed E-state index contributed by atoms with van der Waals surface area (Å²) >= 11 is 6.23. The SMILES string of the molecule is CC(C)n1ncc(Cl)c1C(O)C1Cc2ccccc2C1. The minimum absolute atomic E-state index is 0.180. The van der Waals surface area contributed by atoms with Gasteiger partial charge in [-0.05, 0) is 43.7 Å². The zero-order valence-electron chi connectivity index (χ0n) is 11.8. The van der Waals surface area contributed by atoms with E-state index >= 15 is 0 Å². The number of nitrogens with zero attached hydrogens (tertiary/aromatic N) is 2. The Bertz CT molecular complexity index is 596. The molecule has 1 aromatic heterocycles. The summed E-state index contributed by atoms with van der Waals surface area (Å²) in [6.45, 7) is 4.09. The fourth-order valence-electron chi connectivity index (χ4n) is 3.08. The first-order valence-corrected chi connectivity index (χ1v) is 7.43. The van der Waals surface area contributed by atoms with Crippen molar-refractivity contribution in [3.63, 3.8) is 0 Å². The molecule has 1 aliphatic rings. The topological polar surface area (TPSA) is 38.0 Å². The molecule has 1 aliphatic carbocycles. The highest BCUT2D eigenvalue weighted by Gasteiger charge is 2.32. The van der Waals surface area contributed by atoms with Gasteiger partial charge in [-0.3, -0.25) is 4.68 Å². The summed E-state index contributed by atoms with van der Waals surface area (Å²) in [6, 6.07) is 8.58. The van der Waals surface area contributed by atoms with Crippen molar-refractivity contribution in [2.45, 2.75) is 38.8 Å². The maximum absolute atomic E-state index is 10.7. The number of rotatable bonds is 3. The molecule has 1 aromatic carbocycles. The molecular weight excluding hydrogens is 272 g/mol. The van der Waals surface area contributed by atoms with Crippen LogP contribution in [0.25, 0.3) is 0 Å². The maximum atomic E-state index is 10.7. The van der Waals surface area contributed by atoms with Gasteiger partial charge in [-0.25, -0.2) is 0 Å². The van der Waals surface area contributed by atoms with Crippen LogP contribution in [0.5, 0.6) is 0 Å². The summed E-state index contributed by atoms with van der Waals surface area (Å²) in [6.07, 6.45) is 2.86. The predicted octanol–water partition coefficient (Wildman–Crippen LogP) is 3.57. The van der Waals surface area contributed by atoms with E-state index in [1.807, 2.05) is 18.5 Å². The van der Waals surface area contributed by atoms with Crippen molar-refractivity contribution in [2.75, 3.05) is 0 Å². The van der Waals surface area contributed by atoms with Gasteiger partial charge in [0.1, 0.15) is 6.10 Å². The van der Waals surface area contributed by atoms with Gasteiger partial charge in [0.2, 0.25) is 0 Å². The summed E-state index contributed by atoms with van der Waals surface area (Å²) in [4.78, 5) is 0. The second kappa shape index (κ2) is 5.23. The predicted molar refractivity (Wildman–Crippen MR) is 79.9 cm³/mol. The standard InChI is InChI=1S/C16H19ClN2O/c1-10(2)19-15(14(17)9-18-19)16(20)13-7-11-5-3-4-6-12(11)8-13/h3-6,9-10,13,16,20H,7-8H2,1-2H3. The zero-order chi connectivity index (χ0) is 14.3. The van der Waals surface area contributed by atoms with Crippen molar-refractivity contribution in [3.05, 3.63) is 52.3 Å². The van der Waals surface area contributed by atoms with Crippen LogP contribution < -0.4 is 0 Å². The van der Waals surface area contributed by atoms with Gasteiger partial charge < -0.3 is 5.11 Å². The molecule has 2 aromatic rings. The molecule has 0 radical (unpaired) electrons. The van der Waals surface area contributed by atoms with Gasteiger partial charge in [-0.1, -0.05) is 35.9 Å². The minimum Gasteiger partial charge on any atom is -0.386 e. The molecule has 0 amide bonds. The van der Waals surface area contributed by atoms with Crippen molar-refractivity contribution >= 4 is 11.6 Å². The summed E-state index contributed by atoms with van der Waals surface area (Å²) in [5.74, 6) is 0.180. The first-order valence-electron chi connectivity index (χ1n) is 7.05. The normalized spacial score (nSPS) is 16.6.